The molecule has 0 saturated heterocycles. The molecule has 2 N–H and O–H groups in total. The quantitative estimate of drug-likeness (QED) is 0.141. The van der Waals surface area contributed by atoms with Gasteiger partial charge in [-0.2, -0.15) is 11.8 Å². The van der Waals surface area contributed by atoms with Gasteiger partial charge in [-0.1, -0.05) is 91.9 Å². The van der Waals surface area contributed by atoms with Crippen molar-refractivity contribution in [1.29, 1.82) is 0 Å². The molecule has 0 unspecified atom stereocenters. The third-order valence-electron chi connectivity index (χ3n) is 5.03. The summed E-state index contributed by atoms with van der Waals surface area (Å²) in [5, 5.41) is 1.18. The summed E-state index contributed by atoms with van der Waals surface area (Å²) in [6, 6.07) is 0. The Labute approximate surface area is 183 Å². The topological polar surface area (TPSA) is 42.8 Å². The van der Waals surface area contributed by atoms with Crippen molar-refractivity contribution in [3.05, 3.63) is 6.92 Å². The molecule has 0 radical (unpaired) electrons. The minimum atomic E-state index is -0.248. The molecular formula is C25H54N2O2. The normalized spacial score (nSPS) is 10.6. The minimum absolute atomic E-state index is 0.248. The molecule has 0 bridgehead atoms. The van der Waals surface area contributed by atoms with Crippen molar-refractivity contribution in [2.24, 2.45) is 0 Å². The molecule has 4 nitrogen and oxygen atoms in total. The van der Waals surface area contributed by atoms with Crippen LogP contribution in [-0.2, 0) is 4.74 Å². The zero-order valence-electron chi connectivity index (χ0n) is 20.5. The van der Waals surface area contributed by atoms with Gasteiger partial charge < -0.3 is 11.7 Å². The van der Waals surface area contributed by atoms with Crippen LogP contribution in [0.4, 0.5) is 4.79 Å². The Hall–Kier alpha value is -0.770. The van der Waals surface area contributed by atoms with Crippen molar-refractivity contribution in [2.75, 3.05) is 19.7 Å². The smallest absolute Gasteiger partial charge is 0.446 e. The van der Waals surface area contributed by atoms with Crippen molar-refractivity contribution >= 4 is 6.09 Å². The van der Waals surface area contributed by atoms with Crippen molar-refractivity contribution in [1.82, 2.24) is 5.43 Å². The Balaban J connectivity index is 0. The summed E-state index contributed by atoms with van der Waals surface area (Å²) in [6.45, 7) is 15.1. The third-order valence-corrected chi connectivity index (χ3v) is 5.03. The highest BCUT2D eigenvalue weighted by atomic mass is 16.6. The first-order valence-electron chi connectivity index (χ1n) is 12.7. The predicted octanol–water partition coefficient (Wildman–Crippen LogP) is 6.65. The number of ether oxygens (including phenoxy) is 1. The largest absolute Gasteiger partial charge is 0.451 e. The van der Waals surface area contributed by atoms with Crippen LogP contribution in [0.15, 0.2) is 0 Å². The van der Waals surface area contributed by atoms with E-state index >= 15 is 0 Å². The zero-order chi connectivity index (χ0) is 22.0. The van der Waals surface area contributed by atoms with E-state index in [1.54, 1.807) is 0 Å². The number of quaternary nitrogens is 1. The first-order valence-corrected chi connectivity index (χ1v) is 12.7. The summed E-state index contributed by atoms with van der Waals surface area (Å²) < 4.78 is 5.30. The van der Waals surface area contributed by atoms with E-state index in [9.17, 15) is 4.79 Å². The number of carbonyl (C=O) groups is 1. The lowest BCUT2D eigenvalue weighted by atomic mass is 10.2. The van der Waals surface area contributed by atoms with Gasteiger partial charge in [-0.3, -0.25) is 0 Å². The van der Waals surface area contributed by atoms with E-state index in [-0.39, 0.29) is 6.09 Å². The standard InChI is InChI=1S/C19H40N2O2.C6H13/c1-4-7-10-13-16-21(17-14-11-8-5-2)20-19(22)23-18-15-12-9-6-3;1-3-5-6-4-2/h4-18H2,1-3H3,(H,20,22);1,3-6H2,2H3/q;-1/p+1. The Kier molecular flexibility index (Phi) is 28.6. The molecule has 0 aliphatic carbocycles. The molecule has 0 fully saturated rings. The molecule has 1 amide bonds. The Bertz CT molecular complexity index is 295. The summed E-state index contributed by atoms with van der Waals surface area (Å²) >= 11 is 0. The second kappa shape index (κ2) is 27.2. The summed E-state index contributed by atoms with van der Waals surface area (Å²) in [7, 11) is 0. The molecule has 0 heterocycles. The number of nitrogens with one attached hydrogen (secondary N) is 2. The molecule has 0 saturated carbocycles. The van der Waals surface area contributed by atoms with E-state index in [0.29, 0.717) is 6.61 Å². The summed E-state index contributed by atoms with van der Waals surface area (Å²) in [4.78, 5) is 11.9. The van der Waals surface area contributed by atoms with Gasteiger partial charge in [0.05, 0.1) is 19.7 Å². The first kappa shape index (κ1) is 30.4. The van der Waals surface area contributed by atoms with Crippen molar-refractivity contribution in [3.63, 3.8) is 0 Å². The second-order valence-corrected chi connectivity index (χ2v) is 8.11. The van der Waals surface area contributed by atoms with Crippen LogP contribution in [0.25, 0.3) is 0 Å². The second-order valence-electron chi connectivity index (χ2n) is 8.11. The first-order chi connectivity index (χ1) is 14.2. The van der Waals surface area contributed by atoms with Gasteiger partial charge in [-0.15, -0.1) is 0 Å². The Morgan fingerprint density at radius 1 is 0.690 bits per heavy atom. The molecular weight excluding hydrogens is 360 g/mol. The fourth-order valence-corrected chi connectivity index (χ4v) is 3.08. The summed E-state index contributed by atoms with van der Waals surface area (Å²) in [5.74, 6) is 0. The van der Waals surface area contributed by atoms with E-state index in [1.807, 2.05) is 0 Å². The molecule has 0 spiro atoms. The van der Waals surface area contributed by atoms with Crippen LogP contribution in [0.5, 0.6) is 0 Å². The van der Waals surface area contributed by atoms with E-state index in [0.717, 1.165) is 32.4 Å². The Morgan fingerprint density at radius 2 is 1.14 bits per heavy atom. The zero-order valence-corrected chi connectivity index (χ0v) is 20.5. The van der Waals surface area contributed by atoms with E-state index < -0.39 is 0 Å². The highest BCUT2D eigenvalue weighted by Gasteiger charge is 2.13. The van der Waals surface area contributed by atoms with Crippen LogP contribution in [0, 0.1) is 6.92 Å². The van der Waals surface area contributed by atoms with Gasteiger partial charge in [0.15, 0.2) is 0 Å². The minimum Gasteiger partial charge on any atom is -0.446 e. The van der Waals surface area contributed by atoms with Crippen molar-refractivity contribution in [2.45, 2.75) is 130 Å². The maximum absolute atomic E-state index is 11.9. The Morgan fingerprint density at radius 3 is 1.55 bits per heavy atom. The fourth-order valence-electron chi connectivity index (χ4n) is 3.08. The maximum Gasteiger partial charge on any atom is 0.451 e. The predicted molar refractivity (Wildman–Crippen MR) is 127 cm³/mol. The molecule has 0 rings (SSSR count). The van der Waals surface area contributed by atoms with Crippen LogP contribution >= 0.6 is 0 Å². The summed E-state index contributed by atoms with van der Waals surface area (Å²) in [5.41, 5.74) is 3.02. The van der Waals surface area contributed by atoms with Gasteiger partial charge in [0.1, 0.15) is 0 Å². The highest BCUT2D eigenvalue weighted by Crippen LogP contribution is 1.99. The van der Waals surface area contributed by atoms with Gasteiger partial charge in [-0.05, 0) is 32.1 Å². The van der Waals surface area contributed by atoms with E-state index in [4.69, 9.17) is 4.74 Å². The number of amides is 1. The maximum atomic E-state index is 11.9. The third kappa shape index (κ3) is 27.2. The van der Waals surface area contributed by atoms with Crippen LogP contribution < -0.4 is 10.4 Å². The van der Waals surface area contributed by atoms with Crippen LogP contribution in [0.3, 0.4) is 0 Å². The monoisotopic (exact) mass is 414 g/mol. The fraction of sp³-hybridized carbons (Fsp3) is 0.920. The number of hydrogen-bond acceptors (Lipinski definition) is 2. The number of unbranched alkanes of at least 4 members (excludes halogenated alkanes) is 12. The number of carbonyl (C=O) groups excluding carboxylic acids is 1. The average molecular weight is 415 g/mol. The van der Waals surface area contributed by atoms with Gasteiger partial charge in [0.2, 0.25) is 0 Å². The molecule has 0 aromatic heterocycles. The molecule has 0 aliphatic heterocycles. The number of rotatable bonds is 19. The molecule has 0 aromatic carbocycles. The molecule has 176 valence electrons. The average Bonchev–Trinajstić information content (AvgIpc) is 2.72. The molecule has 0 aliphatic rings. The van der Waals surface area contributed by atoms with Crippen LogP contribution in [0.2, 0.25) is 0 Å². The van der Waals surface area contributed by atoms with Crippen LogP contribution in [-0.4, -0.2) is 25.8 Å². The van der Waals surface area contributed by atoms with E-state index in [2.05, 4.69) is 40.0 Å². The lowest BCUT2D eigenvalue weighted by Crippen LogP contribution is -3.19. The summed E-state index contributed by atoms with van der Waals surface area (Å²) in [6.07, 6.45) is 19.3. The van der Waals surface area contributed by atoms with Crippen molar-refractivity contribution < 1.29 is 14.5 Å². The van der Waals surface area contributed by atoms with Gasteiger partial charge in [-0.25, -0.2) is 9.80 Å². The molecule has 0 atom stereocenters. The lowest BCUT2D eigenvalue weighted by molar-refractivity contribution is -0.937. The van der Waals surface area contributed by atoms with Crippen LogP contribution in [0.1, 0.15) is 130 Å². The number of hydrogen-bond donors (Lipinski definition) is 2. The van der Waals surface area contributed by atoms with Gasteiger partial charge in [0, 0.05) is 0 Å². The molecule has 29 heavy (non-hydrogen) atoms. The lowest BCUT2D eigenvalue weighted by Gasteiger charge is -2.19. The molecule has 4 heteroatoms. The van der Waals surface area contributed by atoms with Gasteiger partial charge >= 0.3 is 6.09 Å². The van der Waals surface area contributed by atoms with Crippen molar-refractivity contribution in [3.8, 4) is 0 Å². The molecule has 0 aromatic rings. The van der Waals surface area contributed by atoms with Gasteiger partial charge in [0.25, 0.3) is 0 Å². The highest BCUT2D eigenvalue weighted by molar-refractivity contribution is 5.65. The van der Waals surface area contributed by atoms with E-state index in [1.165, 1.54) is 88.5 Å². The SMILES string of the molecule is CCCCCCOC(=O)N[NH+](CCCCCC)CCCCCC.[CH2-]CCCCC.